The van der Waals surface area contributed by atoms with E-state index < -0.39 is 0 Å². The molecule has 0 amide bonds. The molecule has 0 aliphatic carbocycles. The molecule has 1 atom stereocenters. The second kappa shape index (κ2) is 6.84. The lowest BCUT2D eigenvalue weighted by molar-refractivity contribution is -0.0531. The Morgan fingerprint density at radius 3 is 2.95 bits per heavy atom. The van der Waals surface area contributed by atoms with Crippen LogP contribution in [0.2, 0.25) is 0 Å². The largest absolute Gasteiger partial charge is 0.396 e. The fourth-order valence-electron chi connectivity index (χ4n) is 2.78. The molecule has 0 radical (unpaired) electrons. The molecule has 2 rings (SSSR count). The van der Waals surface area contributed by atoms with Crippen LogP contribution in [-0.2, 0) is 11.3 Å². The van der Waals surface area contributed by atoms with Gasteiger partial charge in [-0.15, -0.1) is 0 Å². The number of hydrogen-bond donors (Lipinski definition) is 1. The summed E-state index contributed by atoms with van der Waals surface area (Å²) >= 11 is 3.50. The zero-order chi connectivity index (χ0) is 13.7. The van der Waals surface area contributed by atoms with Gasteiger partial charge in [-0.25, -0.2) is 0 Å². The Balaban J connectivity index is 1.94. The van der Waals surface area contributed by atoms with Crippen LogP contribution in [0.3, 0.4) is 0 Å². The second-order valence-corrected chi connectivity index (χ2v) is 6.53. The number of hydrogen-bond acceptors (Lipinski definition) is 3. The van der Waals surface area contributed by atoms with Crippen molar-refractivity contribution in [2.75, 3.05) is 33.4 Å². The highest BCUT2D eigenvalue weighted by molar-refractivity contribution is 9.10. The SMILES string of the molecule is CN(Cc1cccc(Br)c1)CC1(CO)CCCOC1. The first-order valence-electron chi connectivity index (χ1n) is 6.75. The third-order valence-electron chi connectivity index (χ3n) is 3.69. The van der Waals surface area contributed by atoms with E-state index in [2.05, 4.69) is 46.1 Å². The van der Waals surface area contributed by atoms with Gasteiger partial charge in [0.05, 0.1) is 13.2 Å². The second-order valence-electron chi connectivity index (χ2n) is 5.62. The van der Waals surface area contributed by atoms with Gasteiger partial charge in [0.2, 0.25) is 0 Å². The summed E-state index contributed by atoms with van der Waals surface area (Å²) in [5.74, 6) is 0. The van der Waals surface area contributed by atoms with Crippen molar-refractivity contribution in [2.24, 2.45) is 5.41 Å². The van der Waals surface area contributed by atoms with Crippen LogP contribution < -0.4 is 0 Å². The van der Waals surface area contributed by atoms with Crippen LogP contribution in [0.5, 0.6) is 0 Å². The standard InChI is InChI=1S/C15H22BrNO2/c1-17(9-13-4-2-5-14(16)8-13)10-15(11-18)6-3-7-19-12-15/h2,4-5,8,18H,3,6-7,9-12H2,1H3. The fourth-order valence-corrected chi connectivity index (χ4v) is 3.23. The number of rotatable bonds is 5. The molecule has 0 spiro atoms. The quantitative estimate of drug-likeness (QED) is 0.902. The van der Waals surface area contributed by atoms with Crippen LogP contribution in [0.1, 0.15) is 18.4 Å². The average molecular weight is 328 g/mol. The van der Waals surface area contributed by atoms with Gasteiger partial charge in [-0.2, -0.15) is 0 Å². The van der Waals surface area contributed by atoms with E-state index in [-0.39, 0.29) is 12.0 Å². The molecule has 0 saturated carbocycles. The highest BCUT2D eigenvalue weighted by Gasteiger charge is 2.33. The van der Waals surface area contributed by atoms with Gasteiger partial charge in [0.25, 0.3) is 0 Å². The van der Waals surface area contributed by atoms with Crippen molar-refractivity contribution < 1.29 is 9.84 Å². The third-order valence-corrected chi connectivity index (χ3v) is 4.18. The smallest absolute Gasteiger partial charge is 0.0556 e. The summed E-state index contributed by atoms with van der Waals surface area (Å²) in [5.41, 5.74) is 1.20. The lowest BCUT2D eigenvalue weighted by Gasteiger charge is -2.38. The van der Waals surface area contributed by atoms with Gasteiger partial charge >= 0.3 is 0 Å². The molecule has 1 unspecified atom stereocenters. The van der Waals surface area contributed by atoms with Crippen molar-refractivity contribution in [2.45, 2.75) is 19.4 Å². The minimum Gasteiger partial charge on any atom is -0.396 e. The van der Waals surface area contributed by atoms with Gasteiger partial charge in [-0.1, -0.05) is 28.1 Å². The zero-order valence-electron chi connectivity index (χ0n) is 11.4. The van der Waals surface area contributed by atoms with E-state index in [0.717, 1.165) is 37.0 Å². The Bertz CT molecular complexity index is 405. The highest BCUT2D eigenvalue weighted by atomic mass is 79.9. The molecule has 1 saturated heterocycles. The monoisotopic (exact) mass is 327 g/mol. The maximum atomic E-state index is 9.69. The Hall–Kier alpha value is -0.420. The van der Waals surface area contributed by atoms with Crippen molar-refractivity contribution in [1.82, 2.24) is 4.90 Å². The summed E-state index contributed by atoms with van der Waals surface area (Å²) < 4.78 is 6.66. The molecule has 1 aromatic rings. The molecule has 1 N–H and O–H groups in total. The van der Waals surface area contributed by atoms with E-state index in [1.807, 2.05) is 6.07 Å². The Morgan fingerprint density at radius 1 is 1.47 bits per heavy atom. The van der Waals surface area contributed by atoms with E-state index in [0.29, 0.717) is 6.61 Å². The normalized spacial score (nSPS) is 23.8. The molecule has 1 aromatic carbocycles. The summed E-state index contributed by atoms with van der Waals surface area (Å²) in [4.78, 5) is 2.27. The van der Waals surface area contributed by atoms with Crippen molar-refractivity contribution in [3.63, 3.8) is 0 Å². The maximum absolute atomic E-state index is 9.69. The van der Waals surface area contributed by atoms with Crippen LogP contribution >= 0.6 is 15.9 Å². The number of aliphatic hydroxyl groups is 1. The summed E-state index contributed by atoms with van der Waals surface area (Å²) in [6.45, 7) is 3.47. The molecular formula is C15H22BrNO2. The topological polar surface area (TPSA) is 32.7 Å². The van der Waals surface area contributed by atoms with Gasteiger partial charge in [-0.3, -0.25) is 0 Å². The molecule has 106 valence electrons. The van der Waals surface area contributed by atoms with E-state index in [9.17, 15) is 5.11 Å². The van der Waals surface area contributed by atoms with Crippen LogP contribution in [0.4, 0.5) is 0 Å². The lowest BCUT2D eigenvalue weighted by atomic mass is 9.83. The first-order chi connectivity index (χ1) is 9.13. The van der Waals surface area contributed by atoms with Crippen molar-refractivity contribution in [1.29, 1.82) is 0 Å². The van der Waals surface area contributed by atoms with Gasteiger partial charge in [0, 0.05) is 29.6 Å². The fraction of sp³-hybridized carbons (Fsp3) is 0.600. The summed E-state index contributed by atoms with van der Waals surface area (Å²) in [5, 5.41) is 9.69. The van der Waals surface area contributed by atoms with E-state index >= 15 is 0 Å². The minimum atomic E-state index is -0.0843. The number of ether oxygens (including phenoxy) is 1. The van der Waals surface area contributed by atoms with Crippen LogP contribution in [0, 0.1) is 5.41 Å². The van der Waals surface area contributed by atoms with Gasteiger partial charge in [0.15, 0.2) is 0 Å². The van der Waals surface area contributed by atoms with Crippen LogP contribution in [-0.4, -0.2) is 43.4 Å². The number of aliphatic hydroxyl groups excluding tert-OH is 1. The van der Waals surface area contributed by atoms with E-state index in [4.69, 9.17) is 4.74 Å². The first kappa shape index (κ1) is 15.0. The molecule has 3 nitrogen and oxygen atoms in total. The van der Waals surface area contributed by atoms with Gasteiger partial charge in [-0.05, 0) is 37.6 Å². The molecule has 4 heteroatoms. The maximum Gasteiger partial charge on any atom is 0.0556 e. The predicted octanol–water partition coefficient (Wildman–Crippen LogP) is 2.67. The highest BCUT2D eigenvalue weighted by Crippen LogP contribution is 2.29. The van der Waals surface area contributed by atoms with Crippen molar-refractivity contribution in [3.05, 3.63) is 34.3 Å². The number of benzene rings is 1. The zero-order valence-corrected chi connectivity index (χ0v) is 13.0. The van der Waals surface area contributed by atoms with E-state index in [1.54, 1.807) is 0 Å². The molecule has 1 fully saturated rings. The van der Waals surface area contributed by atoms with Crippen molar-refractivity contribution in [3.8, 4) is 0 Å². The minimum absolute atomic E-state index is 0.0843. The van der Waals surface area contributed by atoms with Gasteiger partial charge < -0.3 is 14.7 Å². The van der Waals surface area contributed by atoms with Crippen molar-refractivity contribution >= 4 is 15.9 Å². The predicted molar refractivity (Wildman–Crippen MR) is 80.0 cm³/mol. The molecule has 1 heterocycles. The third kappa shape index (κ3) is 4.28. The average Bonchev–Trinajstić information content (AvgIpc) is 2.39. The van der Waals surface area contributed by atoms with E-state index in [1.165, 1.54) is 5.56 Å². The molecular weight excluding hydrogens is 306 g/mol. The molecule has 0 bridgehead atoms. The van der Waals surface area contributed by atoms with Crippen LogP contribution in [0.25, 0.3) is 0 Å². The Morgan fingerprint density at radius 2 is 2.32 bits per heavy atom. The molecule has 1 aliphatic heterocycles. The molecule has 1 aliphatic rings. The summed E-state index contributed by atoms with van der Waals surface area (Å²) in [6, 6.07) is 8.36. The Kier molecular flexibility index (Phi) is 5.39. The summed E-state index contributed by atoms with van der Waals surface area (Å²) in [7, 11) is 2.10. The van der Waals surface area contributed by atoms with Gasteiger partial charge in [0.1, 0.15) is 0 Å². The lowest BCUT2D eigenvalue weighted by Crippen LogP contribution is -2.44. The molecule has 19 heavy (non-hydrogen) atoms. The molecule has 0 aromatic heterocycles. The summed E-state index contributed by atoms with van der Waals surface area (Å²) in [6.07, 6.45) is 2.09. The number of halogens is 1. The first-order valence-corrected chi connectivity index (χ1v) is 7.54. The van der Waals surface area contributed by atoms with Crippen LogP contribution in [0.15, 0.2) is 28.7 Å². The number of nitrogens with zero attached hydrogens (tertiary/aromatic N) is 1. The Labute approximate surface area is 123 Å².